The molecule has 2 heterocycles. The van der Waals surface area contributed by atoms with E-state index in [0.29, 0.717) is 12.0 Å². The normalized spacial score (nSPS) is 20.0. The first-order chi connectivity index (χ1) is 13.3. The Balaban J connectivity index is 1.71. The molecule has 0 spiro atoms. The summed E-state index contributed by atoms with van der Waals surface area (Å²) >= 11 is 1.97. The minimum absolute atomic E-state index is 0.345. The van der Waals surface area contributed by atoms with E-state index in [1.165, 1.54) is 37.8 Å². The first kappa shape index (κ1) is 16.6. The molecule has 2 aliphatic rings. The fourth-order valence-electron chi connectivity index (χ4n) is 4.42. The highest BCUT2D eigenvalue weighted by Gasteiger charge is 2.42. The van der Waals surface area contributed by atoms with E-state index >= 15 is 0 Å². The van der Waals surface area contributed by atoms with Gasteiger partial charge >= 0.3 is 0 Å². The summed E-state index contributed by atoms with van der Waals surface area (Å²) in [4.78, 5) is 5.44. The van der Waals surface area contributed by atoms with Crippen molar-refractivity contribution in [2.75, 3.05) is 4.90 Å². The van der Waals surface area contributed by atoms with Gasteiger partial charge in [-0.15, -0.1) is 11.3 Å². The molecule has 2 heteroatoms. The number of rotatable bonds is 3. The zero-order valence-electron chi connectivity index (χ0n) is 15.7. The molecule has 0 fully saturated rings. The molecule has 0 saturated heterocycles. The lowest BCUT2D eigenvalue weighted by molar-refractivity contribution is 0.679. The van der Waals surface area contributed by atoms with Gasteiger partial charge in [-0.1, -0.05) is 61.5 Å². The minimum atomic E-state index is 0.345. The molecule has 3 aromatic rings. The van der Waals surface area contributed by atoms with Gasteiger partial charge in [-0.25, -0.2) is 0 Å². The number of hydrogen-bond donors (Lipinski definition) is 0. The Hall–Kier alpha value is -2.58. The van der Waals surface area contributed by atoms with Crippen molar-refractivity contribution in [3.05, 3.63) is 93.2 Å². The Morgan fingerprint density at radius 3 is 2.63 bits per heavy atom. The first-order valence-corrected chi connectivity index (χ1v) is 10.5. The highest BCUT2D eigenvalue weighted by Crippen LogP contribution is 2.57. The number of anilines is 2. The van der Waals surface area contributed by atoms with Crippen molar-refractivity contribution < 1.29 is 0 Å². The lowest BCUT2D eigenvalue weighted by Gasteiger charge is -2.31. The summed E-state index contributed by atoms with van der Waals surface area (Å²) in [5.41, 5.74) is 6.89. The summed E-state index contributed by atoms with van der Waals surface area (Å²) in [6, 6.07) is 20.1. The molecular formula is C25H23NS. The van der Waals surface area contributed by atoms with Crippen molar-refractivity contribution in [3.63, 3.8) is 0 Å². The average Bonchev–Trinajstić information content (AvgIpc) is 3.22. The van der Waals surface area contributed by atoms with Gasteiger partial charge in [0.25, 0.3) is 0 Å². The third kappa shape index (κ3) is 2.51. The second-order valence-electron chi connectivity index (χ2n) is 7.27. The SMILES string of the molecule is CC/C=C\c1sc2c(c1C)C=CC1c3ccccc3N(c3ccccc3)C21. The van der Waals surface area contributed by atoms with Crippen LogP contribution in [0.1, 0.15) is 51.7 Å². The predicted molar refractivity (Wildman–Crippen MR) is 118 cm³/mol. The lowest BCUT2D eigenvalue weighted by Crippen LogP contribution is -2.22. The lowest BCUT2D eigenvalue weighted by atomic mass is 9.86. The third-order valence-electron chi connectivity index (χ3n) is 5.71. The fourth-order valence-corrected chi connectivity index (χ4v) is 5.79. The van der Waals surface area contributed by atoms with Crippen molar-refractivity contribution in [3.8, 4) is 0 Å². The Bertz CT molecular complexity index is 1040. The van der Waals surface area contributed by atoms with Gasteiger partial charge in [-0.2, -0.15) is 0 Å². The Morgan fingerprint density at radius 2 is 1.81 bits per heavy atom. The summed E-state index contributed by atoms with van der Waals surface area (Å²) in [5.74, 6) is 0.412. The molecule has 1 aromatic heterocycles. The summed E-state index contributed by atoms with van der Waals surface area (Å²) in [6.07, 6.45) is 10.4. The van der Waals surface area contributed by atoms with E-state index in [-0.39, 0.29) is 0 Å². The molecule has 27 heavy (non-hydrogen) atoms. The number of benzene rings is 2. The van der Waals surface area contributed by atoms with Crippen LogP contribution < -0.4 is 4.90 Å². The van der Waals surface area contributed by atoms with E-state index in [1.807, 2.05) is 11.3 Å². The molecule has 134 valence electrons. The zero-order valence-corrected chi connectivity index (χ0v) is 16.5. The second-order valence-corrected chi connectivity index (χ2v) is 8.36. The van der Waals surface area contributed by atoms with Gasteiger partial charge in [0, 0.05) is 27.0 Å². The van der Waals surface area contributed by atoms with E-state index in [2.05, 4.69) is 97.6 Å². The van der Waals surface area contributed by atoms with E-state index in [0.717, 1.165) is 6.42 Å². The van der Waals surface area contributed by atoms with Crippen molar-refractivity contribution in [2.45, 2.75) is 32.2 Å². The molecule has 0 bridgehead atoms. The number of para-hydroxylation sites is 2. The van der Waals surface area contributed by atoms with Crippen LogP contribution in [0.4, 0.5) is 11.4 Å². The number of thiophene rings is 1. The summed E-state index contributed by atoms with van der Waals surface area (Å²) in [5, 5.41) is 0. The molecule has 1 aliphatic heterocycles. The first-order valence-electron chi connectivity index (χ1n) is 9.71. The van der Waals surface area contributed by atoms with Crippen LogP contribution >= 0.6 is 11.3 Å². The van der Waals surface area contributed by atoms with E-state index in [9.17, 15) is 0 Å². The Kier molecular flexibility index (Phi) is 4.02. The zero-order chi connectivity index (χ0) is 18.4. The van der Waals surface area contributed by atoms with Crippen molar-refractivity contribution in [1.29, 1.82) is 0 Å². The van der Waals surface area contributed by atoms with Crippen LogP contribution in [-0.4, -0.2) is 0 Å². The third-order valence-corrected chi connectivity index (χ3v) is 7.05. The summed E-state index contributed by atoms with van der Waals surface area (Å²) in [7, 11) is 0. The van der Waals surface area contributed by atoms with Gasteiger partial charge in [-0.3, -0.25) is 0 Å². The van der Waals surface area contributed by atoms with Crippen LogP contribution in [0.5, 0.6) is 0 Å². The topological polar surface area (TPSA) is 3.24 Å². The van der Waals surface area contributed by atoms with Gasteiger partial charge < -0.3 is 4.90 Å². The predicted octanol–water partition coefficient (Wildman–Crippen LogP) is 7.48. The molecule has 2 atom stereocenters. The fraction of sp³-hybridized carbons (Fsp3) is 0.200. The van der Waals surface area contributed by atoms with Gasteiger partial charge in [0.05, 0.1) is 6.04 Å². The van der Waals surface area contributed by atoms with Crippen LogP contribution in [0.25, 0.3) is 12.2 Å². The smallest absolute Gasteiger partial charge is 0.0794 e. The van der Waals surface area contributed by atoms with Crippen molar-refractivity contribution in [1.82, 2.24) is 0 Å². The maximum Gasteiger partial charge on any atom is 0.0794 e. The van der Waals surface area contributed by atoms with Gasteiger partial charge in [-0.05, 0) is 54.3 Å². The quantitative estimate of drug-likeness (QED) is 0.462. The van der Waals surface area contributed by atoms with Gasteiger partial charge in [0.1, 0.15) is 0 Å². The Morgan fingerprint density at radius 1 is 1.04 bits per heavy atom. The van der Waals surface area contributed by atoms with Gasteiger partial charge in [0.15, 0.2) is 0 Å². The average molecular weight is 370 g/mol. The maximum atomic E-state index is 2.55. The maximum absolute atomic E-state index is 2.55. The van der Waals surface area contributed by atoms with Crippen molar-refractivity contribution >= 4 is 34.9 Å². The highest BCUT2D eigenvalue weighted by atomic mass is 32.1. The number of nitrogens with zero attached hydrogens (tertiary/aromatic N) is 1. The summed E-state index contributed by atoms with van der Waals surface area (Å²) < 4.78 is 0. The number of fused-ring (bicyclic) bond motifs is 5. The second kappa shape index (κ2) is 6.54. The standard InChI is InChI=1S/C25H23NS/c1-3-4-14-23-17(2)19-15-16-21-20-12-8-9-13-22(20)26(24(21)25(19)27-23)18-10-6-5-7-11-18/h4-16,21,24H,3H2,1-2H3/b14-4-. The van der Waals surface area contributed by atoms with Crippen LogP contribution in [0, 0.1) is 6.92 Å². The molecule has 1 aliphatic carbocycles. The van der Waals surface area contributed by atoms with Crippen LogP contribution in [0.2, 0.25) is 0 Å². The molecular weight excluding hydrogens is 346 g/mol. The van der Waals surface area contributed by atoms with E-state index < -0.39 is 0 Å². The van der Waals surface area contributed by atoms with Gasteiger partial charge in [0.2, 0.25) is 0 Å². The molecule has 0 amide bonds. The van der Waals surface area contributed by atoms with E-state index in [4.69, 9.17) is 0 Å². The number of hydrogen-bond acceptors (Lipinski definition) is 2. The molecule has 0 radical (unpaired) electrons. The van der Waals surface area contributed by atoms with Crippen molar-refractivity contribution in [2.24, 2.45) is 0 Å². The Labute approximate surface area is 165 Å². The molecule has 2 unspecified atom stereocenters. The van der Waals surface area contributed by atoms with E-state index in [1.54, 1.807) is 0 Å². The minimum Gasteiger partial charge on any atom is -0.332 e. The monoisotopic (exact) mass is 369 g/mol. The molecule has 0 N–H and O–H groups in total. The highest BCUT2D eigenvalue weighted by molar-refractivity contribution is 7.13. The molecule has 1 nitrogen and oxygen atoms in total. The molecule has 5 rings (SSSR count). The molecule has 0 saturated carbocycles. The van der Waals surface area contributed by atoms with Crippen LogP contribution in [0.3, 0.4) is 0 Å². The number of allylic oxidation sites excluding steroid dienone is 1. The molecule has 2 aromatic carbocycles. The van der Waals surface area contributed by atoms with Crippen LogP contribution in [0.15, 0.2) is 66.7 Å². The van der Waals surface area contributed by atoms with Crippen LogP contribution in [-0.2, 0) is 0 Å². The summed E-state index contributed by atoms with van der Waals surface area (Å²) in [6.45, 7) is 4.46. The largest absolute Gasteiger partial charge is 0.332 e.